The fourth-order valence-corrected chi connectivity index (χ4v) is 2.81. The summed E-state index contributed by atoms with van der Waals surface area (Å²) in [7, 11) is 0. The Kier molecular flexibility index (Phi) is 6.32. The Hall–Kier alpha value is -1.70. The quantitative estimate of drug-likeness (QED) is 0.503. The average molecular weight is 323 g/mol. The Bertz CT molecular complexity index is 480. The Morgan fingerprint density at radius 2 is 2.35 bits per heavy atom. The zero-order valence-corrected chi connectivity index (χ0v) is 13.3. The molecule has 3 atom stereocenters. The minimum Gasteiger partial charge on any atom is -0.460 e. The van der Waals surface area contributed by atoms with E-state index in [4.69, 9.17) is 15.2 Å². The highest BCUT2D eigenvalue weighted by Crippen LogP contribution is 2.23. The molecule has 2 aliphatic rings. The van der Waals surface area contributed by atoms with E-state index in [1.165, 1.54) is 6.08 Å². The van der Waals surface area contributed by atoms with E-state index in [0.29, 0.717) is 13.2 Å². The van der Waals surface area contributed by atoms with E-state index >= 15 is 0 Å². The van der Waals surface area contributed by atoms with Gasteiger partial charge in [0.25, 0.3) is 0 Å². The van der Waals surface area contributed by atoms with Crippen LogP contribution in [0.25, 0.3) is 0 Å². The van der Waals surface area contributed by atoms with Crippen molar-refractivity contribution in [2.24, 2.45) is 5.73 Å². The third-order valence-electron chi connectivity index (χ3n) is 4.03. The van der Waals surface area contributed by atoms with Crippen LogP contribution in [0.1, 0.15) is 19.3 Å². The molecule has 7 heteroatoms. The molecule has 1 amide bonds. The van der Waals surface area contributed by atoms with E-state index in [1.807, 2.05) is 0 Å². The van der Waals surface area contributed by atoms with E-state index in [2.05, 4.69) is 18.5 Å². The van der Waals surface area contributed by atoms with Crippen molar-refractivity contribution < 1.29 is 19.1 Å². The third-order valence-corrected chi connectivity index (χ3v) is 4.03. The van der Waals surface area contributed by atoms with Gasteiger partial charge in [-0.15, -0.1) is 0 Å². The molecule has 2 heterocycles. The van der Waals surface area contributed by atoms with Crippen LogP contribution >= 0.6 is 0 Å². The summed E-state index contributed by atoms with van der Waals surface area (Å²) in [6, 6.07) is -0.717. The van der Waals surface area contributed by atoms with Crippen LogP contribution in [0.5, 0.6) is 0 Å². The third kappa shape index (κ3) is 4.63. The molecule has 2 fully saturated rings. The van der Waals surface area contributed by atoms with E-state index in [0.717, 1.165) is 18.5 Å². The molecule has 128 valence electrons. The van der Waals surface area contributed by atoms with Gasteiger partial charge in [0.2, 0.25) is 5.91 Å². The van der Waals surface area contributed by atoms with Crippen molar-refractivity contribution >= 4 is 11.9 Å². The van der Waals surface area contributed by atoms with Crippen molar-refractivity contribution in [3.63, 3.8) is 0 Å². The van der Waals surface area contributed by atoms with E-state index in [9.17, 15) is 9.59 Å². The van der Waals surface area contributed by atoms with Crippen molar-refractivity contribution in [1.29, 1.82) is 0 Å². The summed E-state index contributed by atoms with van der Waals surface area (Å²) in [5.74, 6) is -0.570. The number of nitrogens with zero attached hydrogens (tertiary/aromatic N) is 1. The normalized spacial score (nSPS) is 25.4. The van der Waals surface area contributed by atoms with Crippen LogP contribution in [-0.2, 0) is 19.1 Å². The zero-order valence-electron chi connectivity index (χ0n) is 13.3. The minimum atomic E-state index is -0.801. The molecule has 0 saturated carbocycles. The van der Waals surface area contributed by atoms with Crippen molar-refractivity contribution in [3.8, 4) is 0 Å². The van der Waals surface area contributed by atoms with Crippen LogP contribution in [-0.4, -0.2) is 61.4 Å². The first-order valence-corrected chi connectivity index (χ1v) is 7.87. The maximum Gasteiger partial charge on any atom is 0.323 e. The largest absolute Gasteiger partial charge is 0.460 e. The summed E-state index contributed by atoms with van der Waals surface area (Å²) in [5.41, 5.74) is 6.86. The van der Waals surface area contributed by atoms with Crippen molar-refractivity contribution in [2.75, 3.05) is 26.3 Å². The molecule has 2 rings (SSSR count). The van der Waals surface area contributed by atoms with E-state index in [-0.39, 0.29) is 37.6 Å². The number of hydrogen-bond acceptors (Lipinski definition) is 6. The summed E-state index contributed by atoms with van der Waals surface area (Å²) in [6.45, 7) is 9.38. The molecule has 0 aromatic carbocycles. The van der Waals surface area contributed by atoms with E-state index < -0.39 is 12.0 Å². The maximum absolute atomic E-state index is 12.4. The monoisotopic (exact) mass is 323 g/mol. The van der Waals surface area contributed by atoms with Crippen molar-refractivity contribution in [2.45, 2.75) is 37.6 Å². The fourth-order valence-electron chi connectivity index (χ4n) is 2.81. The molecular weight excluding hydrogens is 298 g/mol. The molecule has 0 aromatic heterocycles. The highest BCUT2D eigenvalue weighted by atomic mass is 16.5. The first-order valence-electron chi connectivity index (χ1n) is 7.87. The van der Waals surface area contributed by atoms with Gasteiger partial charge in [-0.3, -0.25) is 9.59 Å². The lowest BCUT2D eigenvalue weighted by Crippen LogP contribution is -2.47. The number of nitrogens with two attached hydrogens (primary N) is 1. The topological polar surface area (TPSA) is 93.9 Å². The van der Waals surface area contributed by atoms with E-state index in [1.54, 1.807) is 4.90 Å². The van der Waals surface area contributed by atoms with Crippen molar-refractivity contribution in [3.05, 3.63) is 24.8 Å². The Morgan fingerprint density at radius 3 is 3.00 bits per heavy atom. The van der Waals surface area contributed by atoms with Gasteiger partial charge in [0, 0.05) is 19.5 Å². The Morgan fingerprint density at radius 1 is 1.57 bits per heavy atom. The van der Waals surface area contributed by atoms with Gasteiger partial charge in [0.05, 0.1) is 12.6 Å². The molecule has 2 saturated heterocycles. The highest BCUT2D eigenvalue weighted by Gasteiger charge is 2.37. The lowest BCUT2D eigenvalue weighted by molar-refractivity contribution is -0.144. The molecule has 7 nitrogen and oxygen atoms in total. The summed E-state index contributed by atoms with van der Waals surface area (Å²) in [5, 5.41) is 3.31. The fraction of sp³-hybridized carbons (Fsp3) is 0.625. The molecule has 0 aliphatic carbocycles. The predicted molar refractivity (Wildman–Crippen MR) is 85.4 cm³/mol. The second-order valence-corrected chi connectivity index (χ2v) is 5.85. The van der Waals surface area contributed by atoms with Gasteiger partial charge in [0.1, 0.15) is 18.9 Å². The lowest BCUT2D eigenvalue weighted by atomic mass is 10.1. The zero-order chi connectivity index (χ0) is 16.8. The Balaban J connectivity index is 1.81. The minimum absolute atomic E-state index is 0.0567. The first-order chi connectivity index (χ1) is 11.0. The molecule has 0 spiro atoms. The molecule has 0 aromatic rings. The average Bonchev–Trinajstić information content (AvgIpc) is 3.18. The van der Waals surface area contributed by atoms with Crippen molar-refractivity contribution in [1.82, 2.24) is 10.2 Å². The van der Waals surface area contributed by atoms with Crippen LogP contribution < -0.4 is 11.1 Å². The molecule has 0 bridgehead atoms. The van der Waals surface area contributed by atoms with Crippen LogP contribution in [0.3, 0.4) is 0 Å². The number of hydrogen-bond donors (Lipinski definition) is 2. The smallest absolute Gasteiger partial charge is 0.323 e. The first kappa shape index (κ1) is 17.7. The molecule has 0 radical (unpaired) electrons. The second kappa shape index (κ2) is 8.24. The van der Waals surface area contributed by atoms with Crippen LogP contribution in [0, 0.1) is 0 Å². The van der Waals surface area contributed by atoms with Gasteiger partial charge < -0.3 is 25.4 Å². The number of rotatable bonds is 7. The van der Waals surface area contributed by atoms with Gasteiger partial charge in [-0.25, -0.2) is 0 Å². The number of carbonyl (C=O) groups excluding carboxylic acids is 2. The number of nitrogens with one attached hydrogen (secondary N) is 1. The highest BCUT2D eigenvalue weighted by molar-refractivity contribution is 5.79. The van der Waals surface area contributed by atoms with Crippen LogP contribution in [0.15, 0.2) is 24.8 Å². The molecule has 2 aliphatic heterocycles. The summed E-state index contributed by atoms with van der Waals surface area (Å²) >= 11 is 0. The molecule has 3 N–H and O–H groups in total. The van der Waals surface area contributed by atoms with Crippen LogP contribution in [0.2, 0.25) is 0 Å². The second-order valence-electron chi connectivity index (χ2n) is 5.85. The predicted octanol–water partition coefficient (Wildman–Crippen LogP) is -0.0739. The number of ether oxygens (including phenoxy) is 2. The van der Waals surface area contributed by atoms with Gasteiger partial charge in [-0.1, -0.05) is 24.8 Å². The van der Waals surface area contributed by atoms with Gasteiger partial charge in [-0.05, 0) is 12.8 Å². The van der Waals surface area contributed by atoms with Crippen LogP contribution in [0.4, 0.5) is 0 Å². The molecular formula is C16H25N3O4. The Labute approximate surface area is 136 Å². The number of amides is 1. The number of esters is 1. The SMILES string of the molecule is C=CCOC(=O)[C@@H](N)CCC(=O)N1CCOC1C1CC(=C)CN1. The standard InChI is InChI=1S/C16H25N3O4/c1-3-7-23-16(21)12(17)4-5-14(20)19-6-8-22-15(19)13-9-11(2)10-18-13/h3,12-13,15,18H,1-2,4-10,17H2/t12-,13?,15?/m0/s1. The van der Waals surface area contributed by atoms with Gasteiger partial charge in [0.15, 0.2) is 0 Å². The molecule has 2 unspecified atom stereocenters. The summed E-state index contributed by atoms with van der Waals surface area (Å²) in [6.07, 6.45) is 2.46. The van der Waals surface area contributed by atoms with Gasteiger partial charge in [-0.2, -0.15) is 0 Å². The lowest BCUT2D eigenvalue weighted by Gasteiger charge is -2.28. The summed E-state index contributed by atoms with van der Waals surface area (Å²) in [4.78, 5) is 25.7. The van der Waals surface area contributed by atoms with Gasteiger partial charge >= 0.3 is 5.97 Å². The number of carbonyl (C=O) groups is 2. The maximum atomic E-state index is 12.4. The summed E-state index contributed by atoms with van der Waals surface area (Å²) < 4.78 is 10.6. The molecule has 23 heavy (non-hydrogen) atoms.